The number of amides is 1. The van der Waals surface area contributed by atoms with E-state index in [9.17, 15) is 4.79 Å². The average Bonchev–Trinajstić information content (AvgIpc) is 3.23. The highest BCUT2D eigenvalue weighted by Crippen LogP contribution is 2.33. The van der Waals surface area contributed by atoms with Crippen molar-refractivity contribution in [1.82, 2.24) is 19.9 Å². The molecular formula is C22H24ClN5O2. The summed E-state index contributed by atoms with van der Waals surface area (Å²) in [7, 11) is 0. The molecule has 2 aromatic heterocycles. The second-order valence-corrected chi connectivity index (χ2v) is 8.27. The van der Waals surface area contributed by atoms with Gasteiger partial charge in [0.05, 0.1) is 35.9 Å². The van der Waals surface area contributed by atoms with Gasteiger partial charge >= 0.3 is 0 Å². The monoisotopic (exact) mass is 425 g/mol. The largest absolute Gasteiger partial charge is 0.378 e. The third-order valence-electron chi connectivity index (χ3n) is 5.95. The molecule has 2 aliphatic heterocycles. The molecule has 0 radical (unpaired) electrons. The Morgan fingerprint density at radius 3 is 2.90 bits per heavy atom. The number of anilines is 1. The SMILES string of the molecule is O=C([C@@H]1CCCN(c2ccc(Cl)c(-c3nc4cnccc4[nH]3)c2)C1)N1CCOCC1. The van der Waals surface area contributed by atoms with Gasteiger partial charge in [-0.25, -0.2) is 4.98 Å². The minimum absolute atomic E-state index is 0.0215. The van der Waals surface area contributed by atoms with Crippen LogP contribution in [0.4, 0.5) is 5.69 Å². The number of morpholine rings is 1. The Hall–Kier alpha value is -2.64. The van der Waals surface area contributed by atoms with E-state index in [1.807, 2.05) is 23.1 Å². The predicted octanol–water partition coefficient (Wildman–Crippen LogP) is 3.35. The highest BCUT2D eigenvalue weighted by atomic mass is 35.5. The quantitative estimate of drug-likeness (QED) is 0.696. The molecule has 0 bridgehead atoms. The number of hydrogen-bond donors (Lipinski definition) is 1. The maximum Gasteiger partial charge on any atom is 0.227 e. The number of fused-ring (bicyclic) bond motifs is 1. The fourth-order valence-electron chi connectivity index (χ4n) is 4.33. The maximum absolute atomic E-state index is 13.0. The van der Waals surface area contributed by atoms with Gasteiger partial charge in [-0.05, 0) is 37.1 Å². The Morgan fingerprint density at radius 1 is 1.20 bits per heavy atom. The lowest BCUT2D eigenvalue weighted by molar-refractivity contribution is -0.139. The summed E-state index contributed by atoms with van der Waals surface area (Å²) in [6.45, 7) is 4.31. The Balaban J connectivity index is 1.38. The molecule has 0 unspecified atom stereocenters. The van der Waals surface area contributed by atoms with Crippen molar-refractivity contribution < 1.29 is 9.53 Å². The van der Waals surface area contributed by atoms with Gasteiger partial charge in [0.1, 0.15) is 11.3 Å². The Morgan fingerprint density at radius 2 is 2.07 bits per heavy atom. The third-order valence-corrected chi connectivity index (χ3v) is 6.28. The van der Waals surface area contributed by atoms with Crippen LogP contribution in [0, 0.1) is 5.92 Å². The lowest BCUT2D eigenvalue weighted by Gasteiger charge is -2.37. The third kappa shape index (κ3) is 3.75. The molecular weight excluding hydrogens is 402 g/mol. The van der Waals surface area contributed by atoms with Gasteiger partial charge in [-0.3, -0.25) is 9.78 Å². The minimum atomic E-state index is 0.0215. The zero-order chi connectivity index (χ0) is 20.5. The van der Waals surface area contributed by atoms with Crippen LogP contribution in [-0.4, -0.2) is 65.2 Å². The fourth-order valence-corrected chi connectivity index (χ4v) is 4.54. The molecule has 0 aliphatic carbocycles. The molecule has 8 heteroatoms. The highest BCUT2D eigenvalue weighted by molar-refractivity contribution is 6.33. The maximum atomic E-state index is 13.0. The van der Waals surface area contributed by atoms with Gasteiger partial charge in [0.15, 0.2) is 0 Å². The lowest BCUT2D eigenvalue weighted by Crippen LogP contribution is -2.48. The number of ether oxygens (including phenoxy) is 1. The molecule has 30 heavy (non-hydrogen) atoms. The molecule has 1 aromatic carbocycles. The first kappa shape index (κ1) is 19.3. The first-order chi connectivity index (χ1) is 14.7. The summed E-state index contributed by atoms with van der Waals surface area (Å²) in [5, 5.41) is 0.642. The molecule has 5 rings (SSSR count). The number of imidazole rings is 1. The van der Waals surface area contributed by atoms with Crippen LogP contribution in [0.15, 0.2) is 36.7 Å². The van der Waals surface area contributed by atoms with Crippen LogP contribution < -0.4 is 4.90 Å². The van der Waals surface area contributed by atoms with Crippen LogP contribution in [0.3, 0.4) is 0 Å². The van der Waals surface area contributed by atoms with E-state index in [2.05, 4.69) is 25.9 Å². The number of carbonyl (C=O) groups excluding carboxylic acids is 1. The van der Waals surface area contributed by atoms with Gasteiger partial charge in [-0.1, -0.05) is 11.6 Å². The van der Waals surface area contributed by atoms with Gasteiger partial charge < -0.3 is 19.5 Å². The van der Waals surface area contributed by atoms with E-state index in [0.717, 1.165) is 54.0 Å². The van der Waals surface area contributed by atoms with Crippen molar-refractivity contribution in [1.29, 1.82) is 0 Å². The number of rotatable bonds is 3. The van der Waals surface area contributed by atoms with Crippen molar-refractivity contribution in [3.63, 3.8) is 0 Å². The van der Waals surface area contributed by atoms with Gasteiger partial charge in [-0.15, -0.1) is 0 Å². The van der Waals surface area contributed by atoms with Crippen LogP contribution in [0.1, 0.15) is 12.8 Å². The number of pyridine rings is 1. The van der Waals surface area contributed by atoms with Gasteiger partial charge in [0, 0.05) is 43.6 Å². The second kappa shape index (κ2) is 8.24. The molecule has 4 heterocycles. The lowest BCUT2D eigenvalue weighted by atomic mass is 9.95. The average molecular weight is 426 g/mol. The molecule has 0 spiro atoms. The van der Waals surface area contributed by atoms with Crippen molar-refractivity contribution in [3.05, 3.63) is 41.7 Å². The number of H-pyrrole nitrogens is 1. The van der Waals surface area contributed by atoms with Crippen LogP contribution in [-0.2, 0) is 9.53 Å². The van der Waals surface area contributed by atoms with Gasteiger partial charge in [0.2, 0.25) is 5.91 Å². The fraction of sp³-hybridized carbons (Fsp3) is 0.409. The van der Waals surface area contributed by atoms with E-state index in [1.54, 1.807) is 12.4 Å². The second-order valence-electron chi connectivity index (χ2n) is 7.87. The number of nitrogens with zero attached hydrogens (tertiary/aromatic N) is 4. The molecule has 3 aromatic rings. The highest BCUT2D eigenvalue weighted by Gasteiger charge is 2.30. The molecule has 2 aliphatic rings. The van der Waals surface area contributed by atoms with Crippen LogP contribution in [0.2, 0.25) is 5.02 Å². The van der Waals surface area contributed by atoms with E-state index in [-0.39, 0.29) is 11.8 Å². The Labute approximate surface area is 180 Å². The van der Waals surface area contributed by atoms with Gasteiger partial charge in [0.25, 0.3) is 0 Å². The standard InChI is InChI=1S/C22H24ClN5O2/c23-18-4-3-16(12-17(18)21-25-19-5-6-24-13-20(19)26-21)28-7-1-2-15(14-28)22(29)27-8-10-30-11-9-27/h3-6,12-13,15H,1-2,7-11,14H2,(H,25,26)/t15-/m1/s1. The first-order valence-electron chi connectivity index (χ1n) is 10.4. The Bertz CT molecular complexity index is 1030. The summed E-state index contributed by atoms with van der Waals surface area (Å²) in [5.74, 6) is 0.998. The number of benzene rings is 1. The van der Waals surface area contributed by atoms with Crippen LogP contribution in [0.5, 0.6) is 0 Å². The van der Waals surface area contributed by atoms with Crippen molar-refractivity contribution in [2.45, 2.75) is 12.8 Å². The predicted molar refractivity (Wildman–Crippen MR) is 117 cm³/mol. The number of halogens is 1. The number of nitrogens with one attached hydrogen (secondary N) is 1. The zero-order valence-corrected chi connectivity index (χ0v) is 17.4. The molecule has 2 saturated heterocycles. The summed E-state index contributed by atoms with van der Waals surface area (Å²) in [6.07, 6.45) is 5.40. The molecule has 2 fully saturated rings. The van der Waals surface area contributed by atoms with E-state index < -0.39 is 0 Å². The van der Waals surface area contributed by atoms with Gasteiger partial charge in [-0.2, -0.15) is 0 Å². The molecule has 1 amide bonds. The van der Waals surface area contributed by atoms with E-state index in [4.69, 9.17) is 16.3 Å². The van der Waals surface area contributed by atoms with Crippen molar-refractivity contribution in [3.8, 4) is 11.4 Å². The molecule has 156 valence electrons. The number of aromatic amines is 1. The van der Waals surface area contributed by atoms with Crippen molar-refractivity contribution >= 4 is 34.2 Å². The number of aromatic nitrogens is 3. The van der Waals surface area contributed by atoms with Crippen molar-refractivity contribution in [2.75, 3.05) is 44.3 Å². The molecule has 7 nitrogen and oxygen atoms in total. The summed E-state index contributed by atoms with van der Waals surface area (Å²) in [6, 6.07) is 7.90. The van der Waals surface area contributed by atoms with E-state index in [0.29, 0.717) is 31.3 Å². The first-order valence-corrected chi connectivity index (χ1v) is 10.8. The summed E-state index contributed by atoms with van der Waals surface area (Å²) >= 11 is 6.51. The topological polar surface area (TPSA) is 74.4 Å². The van der Waals surface area contributed by atoms with Crippen molar-refractivity contribution in [2.24, 2.45) is 5.92 Å². The van der Waals surface area contributed by atoms with E-state index >= 15 is 0 Å². The smallest absolute Gasteiger partial charge is 0.227 e. The summed E-state index contributed by atoms with van der Waals surface area (Å²) in [4.78, 5) is 29.3. The minimum Gasteiger partial charge on any atom is -0.378 e. The Kier molecular flexibility index (Phi) is 5.31. The summed E-state index contributed by atoms with van der Waals surface area (Å²) < 4.78 is 5.39. The summed E-state index contributed by atoms with van der Waals surface area (Å²) in [5.41, 5.74) is 3.65. The van der Waals surface area contributed by atoms with Crippen LogP contribution >= 0.6 is 11.6 Å². The number of carbonyl (C=O) groups is 1. The number of hydrogen-bond acceptors (Lipinski definition) is 5. The normalized spacial score (nSPS) is 20.0. The molecule has 1 N–H and O–H groups in total. The molecule has 0 saturated carbocycles. The van der Waals surface area contributed by atoms with E-state index in [1.165, 1.54) is 0 Å². The number of piperidine rings is 1. The van der Waals surface area contributed by atoms with Crippen LogP contribution in [0.25, 0.3) is 22.4 Å². The zero-order valence-electron chi connectivity index (χ0n) is 16.7. The molecule has 1 atom stereocenters.